The molecule has 0 aromatic heterocycles. The predicted octanol–water partition coefficient (Wildman–Crippen LogP) is 3.03. The van der Waals surface area contributed by atoms with Crippen molar-refractivity contribution < 1.29 is 4.79 Å². The van der Waals surface area contributed by atoms with Gasteiger partial charge in [0.2, 0.25) is 5.91 Å². The smallest absolute Gasteiger partial charge is 0.225 e. The molecule has 0 spiro atoms. The van der Waals surface area contributed by atoms with Gasteiger partial charge < -0.3 is 10.6 Å². The quantitative estimate of drug-likeness (QED) is 0.805. The van der Waals surface area contributed by atoms with Gasteiger partial charge in [-0.2, -0.15) is 0 Å². The molecule has 0 aromatic carbocycles. The van der Waals surface area contributed by atoms with E-state index in [1.165, 1.54) is 12.8 Å². The van der Waals surface area contributed by atoms with Crippen LogP contribution in [-0.4, -0.2) is 29.9 Å². The maximum atomic E-state index is 12.6. The molecule has 1 atom stereocenters. The van der Waals surface area contributed by atoms with E-state index in [1.54, 1.807) is 0 Å². The number of nitrogens with two attached hydrogens (primary N) is 1. The number of hydrogen-bond donors (Lipinski definition) is 1. The Bertz CT molecular complexity index is 266. The summed E-state index contributed by atoms with van der Waals surface area (Å²) in [5.41, 5.74) is 5.79. The van der Waals surface area contributed by atoms with Gasteiger partial charge >= 0.3 is 0 Å². The molecule has 1 amide bonds. The Balaban J connectivity index is 2.57. The van der Waals surface area contributed by atoms with Crippen LogP contribution in [0.25, 0.3) is 0 Å². The topological polar surface area (TPSA) is 46.3 Å². The lowest BCUT2D eigenvalue weighted by atomic mass is 9.76. The summed E-state index contributed by atoms with van der Waals surface area (Å²) in [7, 11) is 0. The van der Waals surface area contributed by atoms with Crippen molar-refractivity contribution in [2.24, 2.45) is 23.5 Å². The van der Waals surface area contributed by atoms with Gasteiger partial charge in [-0.25, -0.2) is 0 Å². The first-order valence-electron chi connectivity index (χ1n) is 8.05. The van der Waals surface area contributed by atoms with Crippen LogP contribution in [0.3, 0.4) is 0 Å². The van der Waals surface area contributed by atoms with Crippen LogP contribution in [-0.2, 0) is 4.79 Å². The van der Waals surface area contributed by atoms with Crippen molar-refractivity contribution in [3.8, 4) is 0 Å². The Kier molecular flexibility index (Phi) is 6.84. The summed E-state index contributed by atoms with van der Waals surface area (Å²) in [6.07, 6.45) is 5.52. The first kappa shape index (κ1) is 16.5. The van der Waals surface area contributed by atoms with Crippen LogP contribution in [0, 0.1) is 17.8 Å². The molecule has 1 aliphatic rings. The first-order chi connectivity index (χ1) is 9.04. The molecule has 0 saturated heterocycles. The Labute approximate surface area is 118 Å². The summed E-state index contributed by atoms with van der Waals surface area (Å²) in [5, 5.41) is 0. The summed E-state index contributed by atoms with van der Waals surface area (Å²) in [5.74, 6) is 2.17. The van der Waals surface area contributed by atoms with E-state index in [2.05, 4.69) is 27.7 Å². The molecule has 0 bridgehead atoms. The number of carbonyl (C=O) groups is 1. The van der Waals surface area contributed by atoms with Crippen molar-refractivity contribution >= 4 is 5.91 Å². The zero-order valence-corrected chi connectivity index (χ0v) is 13.2. The Morgan fingerprint density at radius 2 is 1.79 bits per heavy atom. The third-order valence-corrected chi connectivity index (χ3v) is 4.87. The van der Waals surface area contributed by atoms with E-state index in [0.717, 1.165) is 37.6 Å². The summed E-state index contributed by atoms with van der Waals surface area (Å²) < 4.78 is 0. The highest BCUT2D eigenvalue weighted by Gasteiger charge is 2.31. The summed E-state index contributed by atoms with van der Waals surface area (Å²) in [6.45, 7) is 10.1. The zero-order valence-electron chi connectivity index (χ0n) is 13.2. The molecule has 0 radical (unpaired) electrons. The maximum Gasteiger partial charge on any atom is 0.225 e. The van der Waals surface area contributed by atoms with Crippen LogP contribution in [0.1, 0.15) is 59.8 Å². The molecule has 112 valence electrons. The number of nitrogens with zero attached hydrogens (tertiary/aromatic N) is 1. The minimum Gasteiger partial charge on any atom is -0.338 e. The van der Waals surface area contributed by atoms with Crippen LogP contribution < -0.4 is 5.73 Å². The number of hydrogen-bond acceptors (Lipinski definition) is 2. The lowest BCUT2D eigenvalue weighted by molar-refractivity contribution is -0.139. The zero-order chi connectivity index (χ0) is 14.4. The van der Waals surface area contributed by atoms with Crippen molar-refractivity contribution in [1.82, 2.24) is 4.90 Å². The Morgan fingerprint density at radius 1 is 1.21 bits per heavy atom. The van der Waals surface area contributed by atoms with Gasteiger partial charge in [0.1, 0.15) is 0 Å². The molecule has 2 N–H and O–H groups in total. The number of carbonyl (C=O) groups excluding carboxylic acids is 1. The molecule has 0 unspecified atom stereocenters. The summed E-state index contributed by atoms with van der Waals surface area (Å²) in [4.78, 5) is 14.6. The molecule has 1 saturated carbocycles. The molecule has 3 nitrogen and oxygen atoms in total. The standard InChI is InChI=1S/C16H32N2O/c1-5-15(11-17)18(6-2)16(19)14-9-7-13(8-10-14)12(3)4/h12-15H,5-11,17H2,1-4H3/t13-,14+,15-/m1/s1. The van der Waals surface area contributed by atoms with Crippen LogP contribution in [0.5, 0.6) is 0 Å². The highest BCUT2D eigenvalue weighted by atomic mass is 16.2. The molecule has 0 heterocycles. The van der Waals surface area contributed by atoms with Gasteiger partial charge in [-0.3, -0.25) is 4.79 Å². The highest BCUT2D eigenvalue weighted by molar-refractivity contribution is 5.79. The molecule has 3 heteroatoms. The third kappa shape index (κ3) is 4.20. The minimum atomic E-state index is 0.223. The molecule has 1 fully saturated rings. The predicted molar refractivity (Wildman–Crippen MR) is 80.8 cm³/mol. The number of likely N-dealkylation sites (N-methyl/N-ethyl adjacent to an activating group) is 1. The summed E-state index contributed by atoms with van der Waals surface area (Å²) in [6, 6.07) is 0.223. The average molecular weight is 268 g/mol. The SMILES string of the molecule is CC[C@H](CN)N(CC)C(=O)[C@H]1CC[C@@H](C(C)C)CC1. The van der Waals surface area contributed by atoms with E-state index >= 15 is 0 Å². The van der Waals surface area contributed by atoms with E-state index in [0.29, 0.717) is 12.5 Å². The second kappa shape index (κ2) is 7.88. The molecule has 0 aromatic rings. The average Bonchev–Trinajstić information content (AvgIpc) is 2.44. The van der Waals surface area contributed by atoms with Crippen molar-refractivity contribution in [2.45, 2.75) is 65.8 Å². The number of rotatable bonds is 6. The van der Waals surface area contributed by atoms with Gasteiger partial charge in [0.15, 0.2) is 0 Å². The van der Waals surface area contributed by atoms with Gasteiger partial charge in [-0.05, 0) is 50.9 Å². The molecule has 1 rings (SSSR count). The van der Waals surface area contributed by atoms with Gasteiger partial charge in [-0.1, -0.05) is 20.8 Å². The normalized spacial score (nSPS) is 25.4. The second-order valence-electron chi connectivity index (χ2n) is 6.28. The Hall–Kier alpha value is -0.570. The number of amides is 1. The minimum absolute atomic E-state index is 0.223. The fourth-order valence-electron chi connectivity index (χ4n) is 3.38. The third-order valence-electron chi connectivity index (χ3n) is 4.87. The lowest BCUT2D eigenvalue weighted by Crippen LogP contribution is -2.47. The summed E-state index contributed by atoms with van der Waals surface area (Å²) >= 11 is 0. The lowest BCUT2D eigenvalue weighted by Gasteiger charge is -2.36. The van der Waals surface area contributed by atoms with Gasteiger partial charge in [-0.15, -0.1) is 0 Å². The molecule has 19 heavy (non-hydrogen) atoms. The van der Waals surface area contributed by atoms with Gasteiger partial charge in [0, 0.05) is 25.0 Å². The molecule has 1 aliphatic carbocycles. The van der Waals surface area contributed by atoms with Crippen molar-refractivity contribution in [1.29, 1.82) is 0 Å². The van der Waals surface area contributed by atoms with Crippen molar-refractivity contribution in [3.05, 3.63) is 0 Å². The van der Waals surface area contributed by atoms with Crippen LogP contribution in [0.4, 0.5) is 0 Å². The van der Waals surface area contributed by atoms with Crippen LogP contribution in [0.2, 0.25) is 0 Å². The molecule has 0 aliphatic heterocycles. The second-order valence-corrected chi connectivity index (χ2v) is 6.28. The van der Waals surface area contributed by atoms with E-state index in [-0.39, 0.29) is 12.0 Å². The van der Waals surface area contributed by atoms with E-state index in [4.69, 9.17) is 5.73 Å². The molecular formula is C16H32N2O. The van der Waals surface area contributed by atoms with E-state index in [1.807, 2.05) is 4.90 Å². The fourth-order valence-corrected chi connectivity index (χ4v) is 3.38. The van der Waals surface area contributed by atoms with Gasteiger partial charge in [0.25, 0.3) is 0 Å². The molecular weight excluding hydrogens is 236 g/mol. The largest absolute Gasteiger partial charge is 0.338 e. The van der Waals surface area contributed by atoms with Crippen LogP contribution >= 0.6 is 0 Å². The van der Waals surface area contributed by atoms with E-state index in [9.17, 15) is 4.79 Å². The van der Waals surface area contributed by atoms with Crippen molar-refractivity contribution in [3.63, 3.8) is 0 Å². The Morgan fingerprint density at radius 3 is 2.16 bits per heavy atom. The monoisotopic (exact) mass is 268 g/mol. The maximum absolute atomic E-state index is 12.6. The highest BCUT2D eigenvalue weighted by Crippen LogP contribution is 2.34. The van der Waals surface area contributed by atoms with Crippen LogP contribution in [0.15, 0.2) is 0 Å². The van der Waals surface area contributed by atoms with Crippen molar-refractivity contribution in [2.75, 3.05) is 13.1 Å². The fraction of sp³-hybridized carbons (Fsp3) is 0.938. The first-order valence-corrected chi connectivity index (χ1v) is 8.05. The van der Waals surface area contributed by atoms with Gasteiger partial charge in [0.05, 0.1) is 0 Å². The van der Waals surface area contributed by atoms with E-state index < -0.39 is 0 Å².